The minimum absolute atomic E-state index is 0.165. The van der Waals surface area contributed by atoms with E-state index in [0.29, 0.717) is 18.0 Å². The first kappa shape index (κ1) is 17.7. The topological polar surface area (TPSA) is 39.7 Å². The third-order valence-corrected chi connectivity index (χ3v) is 4.40. The predicted molar refractivity (Wildman–Crippen MR) is 94.2 cm³/mol. The molecule has 4 nitrogen and oxygen atoms in total. The van der Waals surface area contributed by atoms with E-state index in [1.54, 1.807) is 19.1 Å². The molecular weight excluding hydrogens is 291 g/mol. The molecule has 0 unspecified atom stereocenters. The van der Waals surface area contributed by atoms with Gasteiger partial charge in [-0.3, -0.25) is 0 Å². The molecule has 0 bridgehead atoms. The zero-order valence-corrected chi connectivity index (χ0v) is 14.5. The number of benzene rings is 1. The number of aryl methyl sites for hydroxylation is 1. The van der Waals surface area contributed by atoms with Gasteiger partial charge >= 0.3 is 0 Å². The number of nitrogens with one attached hydrogen (secondary N) is 2. The molecule has 0 amide bonds. The first-order valence-electron chi connectivity index (χ1n) is 8.54. The molecule has 2 rings (SSSR count). The molecular formula is C18H29FN4. The second-order valence-corrected chi connectivity index (χ2v) is 6.41. The molecule has 1 heterocycles. The summed E-state index contributed by atoms with van der Waals surface area (Å²) in [7, 11) is 2.18. The fraction of sp³-hybridized carbons (Fsp3) is 0.611. The van der Waals surface area contributed by atoms with Crippen molar-refractivity contribution in [3.05, 3.63) is 35.1 Å². The molecule has 1 aromatic rings. The molecule has 128 valence electrons. The van der Waals surface area contributed by atoms with Gasteiger partial charge in [0.1, 0.15) is 5.82 Å². The number of piperidine rings is 1. The molecule has 2 N–H and O–H groups in total. The van der Waals surface area contributed by atoms with Gasteiger partial charge in [-0.05, 0) is 69.9 Å². The smallest absolute Gasteiger partial charge is 0.191 e. The van der Waals surface area contributed by atoms with Crippen LogP contribution in [0.15, 0.2) is 23.2 Å². The highest BCUT2D eigenvalue weighted by Gasteiger charge is 2.16. The van der Waals surface area contributed by atoms with Gasteiger partial charge < -0.3 is 15.5 Å². The Bertz CT molecular complexity index is 522. The van der Waals surface area contributed by atoms with Crippen molar-refractivity contribution in [3.63, 3.8) is 0 Å². The maximum absolute atomic E-state index is 13.6. The van der Waals surface area contributed by atoms with Gasteiger partial charge in [0.15, 0.2) is 5.96 Å². The van der Waals surface area contributed by atoms with Crippen molar-refractivity contribution < 1.29 is 4.39 Å². The number of hydrogen-bond donors (Lipinski definition) is 2. The van der Waals surface area contributed by atoms with Crippen molar-refractivity contribution in [3.8, 4) is 0 Å². The highest BCUT2D eigenvalue weighted by atomic mass is 19.1. The molecule has 0 saturated carbocycles. The number of guanidine groups is 1. The van der Waals surface area contributed by atoms with Crippen LogP contribution >= 0.6 is 0 Å². The molecule has 5 heteroatoms. The number of likely N-dealkylation sites (tertiary alicyclic amines) is 1. The monoisotopic (exact) mass is 320 g/mol. The Kier molecular flexibility index (Phi) is 6.84. The summed E-state index contributed by atoms with van der Waals surface area (Å²) in [6, 6.07) is 5.31. The Morgan fingerprint density at radius 2 is 2.04 bits per heavy atom. The fourth-order valence-electron chi connectivity index (χ4n) is 2.75. The van der Waals surface area contributed by atoms with Gasteiger partial charge in [-0.25, -0.2) is 9.38 Å². The maximum Gasteiger partial charge on any atom is 0.191 e. The van der Waals surface area contributed by atoms with E-state index >= 15 is 0 Å². The lowest BCUT2D eigenvalue weighted by Crippen LogP contribution is -2.42. The summed E-state index contributed by atoms with van der Waals surface area (Å²) in [5.74, 6) is 1.35. The van der Waals surface area contributed by atoms with Crippen LogP contribution < -0.4 is 10.6 Å². The van der Waals surface area contributed by atoms with E-state index in [-0.39, 0.29) is 5.82 Å². The summed E-state index contributed by atoms with van der Waals surface area (Å²) in [4.78, 5) is 6.95. The largest absolute Gasteiger partial charge is 0.357 e. The first-order valence-corrected chi connectivity index (χ1v) is 8.54. The molecule has 23 heavy (non-hydrogen) atoms. The Hall–Kier alpha value is -1.62. The molecule has 1 aromatic carbocycles. The second kappa shape index (κ2) is 8.87. The van der Waals surface area contributed by atoms with Crippen LogP contribution in [0.3, 0.4) is 0 Å². The average molecular weight is 320 g/mol. The van der Waals surface area contributed by atoms with Gasteiger partial charge in [0.2, 0.25) is 0 Å². The number of aliphatic imine (C=N–C) groups is 1. The van der Waals surface area contributed by atoms with Crippen molar-refractivity contribution in [2.75, 3.05) is 33.2 Å². The fourth-order valence-corrected chi connectivity index (χ4v) is 2.75. The third-order valence-electron chi connectivity index (χ3n) is 4.40. The summed E-state index contributed by atoms with van der Waals surface area (Å²) < 4.78 is 13.6. The van der Waals surface area contributed by atoms with Crippen molar-refractivity contribution >= 4 is 5.96 Å². The summed E-state index contributed by atoms with van der Waals surface area (Å²) >= 11 is 0. The van der Waals surface area contributed by atoms with E-state index in [1.165, 1.54) is 25.9 Å². The number of halogens is 1. The van der Waals surface area contributed by atoms with E-state index < -0.39 is 0 Å². The Morgan fingerprint density at radius 1 is 1.30 bits per heavy atom. The zero-order valence-electron chi connectivity index (χ0n) is 14.5. The van der Waals surface area contributed by atoms with E-state index in [2.05, 4.69) is 34.5 Å². The van der Waals surface area contributed by atoms with Crippen molar-refractivity contribution in [2.45, 2.75) is 33.2 Å². The van der Waals surface area contributed by atoms with Crippen LogP contribution in [0.5, 0.6) is 0 Å². The molecule has 1 fully saturated rings. The molecule has 0 atom stereocenters. The highest BCUT2D eigenvalue weighted by Crippen LogP contribution is 2.14. The van der Waals surface area contributed by atoms with Crippen molar-refractivity contribution in [1.29, 1.82) is 0 Å². The lowest BCUT2D eigenvalue weighted by atomic mass is 9.97. The Balaban J connectivity index is 1.87. The quantitative estimate of drug-likeness (QED) is 0.647. The van der Waals surface area contributed by atoms with Crippen LogP contribution in [0.1, 0.15) is 30.9 Å². The molecule has 0 spiro atoms. The van der Waals surface area contributed by atoms with Gasteiger partial charge in [0.05, 0.1) is 6.54 Å². The van der Waals surface area contributed by atoms with Gasteiger partial charge in [0.25, 0.3) is 0 Å². The second-order valence-electron chi connectivity index (χ2n) is 6.41. The van der Waals surface area contributed by atoms with Crippen molar-refractivity contribution in [2.24, 2.45) is 10.9 Å². The normalized spacial score (nSPS) is 17.3. The Morgan fingerprint density at radius 3 is 2.70 bits per heavy atom. The molecule has 1 aliphatic rings. The average Bonchev–Trinajstić information content (AvgIpc) is 2.55. The highest BCUT2D eigenvalue weighted by molar-refractivity contribution is 5.79. The predicted octanol–water partition coefficient (Wildman–Crippen LogP) is 2.53. The van der Waals surface area contributed by atoms with E-state index in [9.17, 15) is 4.39 Å². The third kappa shape index (κ3) is 5.82. The lowest BCUT2D eigenvalue weighted by molar-refractivity contribution is 0.220. The van der Waals surface area contributed by atoms with Crippen LogP contribution in [-0.2, 0) is 6.54 Å². The molecule has 0 aromatic heterocycles. The van der Waals surface area contributed by atoms with Crippen molar-refractivity contribution in [1.82, 2.24) is 15.5 Å². The van der Waals surface area contributed by atoms with E-state index in [0.717, 1.165) is 24.6 Å². The van der Waals surface area contributed by atoms with Crippen LogP contribution in [0, 0.1) is 18.7 Å². The number of nitrogens with zero attached hydrogens (tertiary/aromatic N) is 2. The summed E-state index contributed by atoms with van der Waals surface area (Å²) in [6.45, 7) is 8.42. The SMILES string of the molecule is CCNC(=NCc1ccc(C)c(F)c1)NCC1CCN(C)CC1. The molecule has 1 aliphatic heterocycles. The van der Waals surface area contributed by atoms with Crippen LogP contribution in [0.4, 0.5) is 4.39 Å². The van der Waals surface area contributed by atoms with Gasteiger partial charge in [0, 0.05) is 13.1 Å². The Labute approximate surface area is 139 Å². The van der Waals surface area contributed by atoms with Gasteiger partial charge in [-0.2, -0.15) is 0 Å². The summed E-state index contributed by atoms with van der Waals surface area (Å²) in [5, 5.41) is 6.69. The standard InChI is InChI=1S/C18H29FN4/c1-4-20-18(21-12-15-7-9-23(3)10-8-15)22-13-16-6-5-14(2)17(19)11-16/h5-6,11,15H,4,7-10,12-13H2,1-3H3,(H2,20,21,22). The van der Waals surface area contributed by atoms with Crippen LogP contribution in [-0.4, -0.2) is 44.1 Å². The zero-order chi connectivity index (χ0) is 16.7. The lowest BCUT2D eigenvalue weighted by Gasteiger charge is -2.29. The van der Waals surface area contributed by atoms with Gasteiger partial charge in [-0.1, -0.05) is 12.1 Å². The first-order chi connectivity index (χ1) is 11.1. The van der Waals surface area contributed by atoms with Crippen LogP contribution in [0.25, 0.3) is 0 Å². The minimum atomic E-state index is -0.165. The minimum Gasteiger partial charge on any atom is -0.357 e. The molecule has 1 saturated heterocycles. The number of rotatable bonds is 5. The summed E-state index contributed by atoms with van der Waals surface area (Å²) in [6.07, 6.45) is 2.46. The summed E-state index contributed by atoms with van der Waals surface area (Å²) in [5.41, 5.74) is 1.56. The number of hydrogen-bond acceptors (Lipinski definition) is 2. The maximum atomic E-state index is 13.6. The molecule has 0 radical (unpaired) electrons. The van der Waals surface area contributed by atoms with E-state index in [4.69, 9.17) is 0 Å². The molecule has 0 aliphatic carbocycles. The van der Waals surface area contributed by atoms with Crippen LogP contribution in [0.2, 0.25) is 0 Å². The van der Waals surface area contributed by atoms with Gasteiger partial charge in [-0.15, -0.1) is 0 Å². The van der Waals surface area contributed by atoms with E-state index in [1.807, 2.05) is 6.07 Å².